The maximum absolute atomic E-state index is 13.6. The maximum Gasteiger partial charge on any atom is 0.433 e. The number of hydrogen-bond acceptors (Lipinski definition) is 5. The lowest BCUT2D eigenvalue weighted by molar-refractivity contribution is -0.141. The van der Waals surface area contributed by atoms with Gasteiger partial charge in [-0.25, -0.2) is 22.8 Å². The lowest BCUT2D eigenvalue weighted by atomic mass is 10.1. The second-order valence-electron chi connectivity index (χ2n) is 6.70. The fourth-order valence-corrected chi connectivity index (χ4v) is 3.91. The molecule has 12 heteroatoms. The number of aryl methyl sites for hydroxylation is 1. The van der Waals surface area contributed by atoms with Gasteiger partial charge in [0.1, 0.15) is 23.4 Å². The lowest BCUT2D eigenvalue weighted by Crippen LogP contribution is -2.12. The highest BCUT2D eigenvalue weighted by Crippen LogP contribution is 2.31. The predicted octanol–water partition coefficient (Wildman–Crippen LogP) is 4.63. The number of hydrogen-bond donors (Lipinski definition) is 1. The number of benzene rings is 1. The molecule has 0 aliphatic rings. The first-order chi connectivity index (χ1) is 14.4. The Morgan fingerprint density at radius 1 is 1.19 bits per heavy atom. The van der Waals surface area contributed by atoms with Crippen molar-refractivity contribution in [2.75, 3.05) is 6.26 Å². The number of pyridine rings is 1. The first kappa shape index (κ1) is 23.2. The van der Waals surface area contributed by atoms with Gasteiger partial charge in [-0.2, -0.15) is 13.2 Å². The summed E-state index contributed by atoms with van der Waals surface area (Å²) >= 11 is 5.85. The zero-order valence-electron chi connectivity index (χ0n) is 16.2. The number of ether oxygens (including phenoxy) is 1. The first-order valence-corrected chi connectivity index (χ1v) is 11.0. The van der Waals surface area contributed by atoms with Gasteiger partial charge in [0.05, 0.1) is 23.0 Å². The minimum absolute atomic E-state index is 0.0142. The molecule has 0 saturated heterocycles. The summed E-state index contributed by atoms with van der Waals surface area (Å²) in [5.41, 5.74) is -0.536. The molecule has 1 aromatic carbocycles. The summed E-state index contributed by atoms with van der Waals surface area (Å²) in [4.78, 5) is 10.4. The zero-order valence-corrected chi connectivity index (χ0v) is 17.7. The van der Waals surface area contributed by atoms with E-state index >= 15 is 0 Å². The van der Waals surface area contributed by atoms with Crippen LogP contribution in [0.4, 0.5) is 17.6 Å². The SMILES string of the molecule is Cc1[nH]c([C@H](OCc2cccc(C(F)(F)F)n2)c2ccc(F)c(Cl)c2)nc1S(C)(=O)=O. The van der Waals surface area contributed by atoms with Crippen LogP contribution in [0.5, 0.6) is 0 Å². The molecule has 2 heterocycles. The van der Waals surface area contributed by atoms with Crippen molar-refractivity contribution >= 4 is 21.4 Å². The molecule has 0 radical (unpaired) electrons. The van der Waals surface area contributed by atoms with E-state index in [0.29, 0.717) is 5.56 Å². The number of rotatable bonds is 6. The minimum atomic E-state index is -4.62. The van der Waals surface area contributed by atoms with Gasteiger partial charge in [-0.3, -0.25) is 0 Å². The van der Waals surface area contributed by atoms with E-state index in [1.54, 1.807) is 0 Å². The van der Waals surface area contributed by atoms with E-state index in [0.717, 1.165) is 18.4 Å². The first-order valence-electron chi connectivity index (χ1n) is 8.72. The molecule has 1 atom stereocenters. The molecule has 0 spiro atoms. The average molecular weight is 478 g/mol. The van der Waals surface area contributed by atoms with Crippen molar-refractivity contribution < 1.29 is 30.7 Å². The summed E-state index contributed by atoms with van der Waals surface area (Å²) in [6.07, 6.45) is -4.72. The third-order valence-electron chi connectivity index (χ3n) is 4.20. The molecule has 0 bridgehead atoms. The summed E-state index contributed by atoms with van der Waals surface area (Å²) in [7, 11) is -3.65. The van der Waals surface area contributed by atoms with Gasteiger partial charge < -0.3 is 9.72 Å². The number of alkyl halides is 3. The number of H-pyrrole nitrogens is 1. The quantitative estimate of drug-likeness (QED) is 0.523. The smallest absolute Gasteiger partial charge is 0.359 e. The molecule has 3 rings (SSSR count). The maximum atomic E-state index is 13.6. The highest BCUT2D eigenvalue weighted by Gasteiger charge is 2.32. The summed E-state index contributed by atoms with van der Waals surface area (Å²) in [5.74, 6) is -0.622. The summed E-state index contributed by atoms with van der Waals surface area (Å²) in [6, 6.07) is 7.07. The van der Waals surface area contributed by atoms with Gasteiger partial charge in [0.2, 0.25) is 0 Å². The molecule has 1 N–H and O–H groups in total. The van der Waals surface area contributed by atoms with Crippen molar-refractivity contribution in [3.8, 4) is 0 Å². The molecule has 0 saturated carbocycles. The van der Waals surface area contributed by atoms with E-state index in [1.165, 1.54) is 31.2 Å². The molecule has 0 aliphatic carbocycles. The van der Waals surface area contributed by atoms with Crippen LogP contribution in [0, 0.1) is 12.7 Å². The van der Waals surface area contributed by atoms with Crippen molar-refractivity contribution in [3.63, 3.8) is 0 Å². The van der Waals surface area contributed by atoms with Crippen LogP contribution in [0.3, 0.4) is 0 Å². The number of aromatic nitrogens is 3. The standard InChI is InChI=1S/C19H16ClF4N3O3S/c1-10-18(31(2,28)29)27-17(25-10)16(11-6-7-14(21)13(20)8-11)30-9-12-4-3-5-15(26-12)19(22,23)24/h3-8,16H,9H2,1-2H3,(H,25,27)/t16-/m1/s1. The van der Waals surface area contributed by atoms with E-state index in [-0.39, 0.29) is 33.9 Å². The highest BCUT2D eigenvalue weighted by atomic mass is 35.5. The van der Waals surface area contributed by atoms with Crippen molar-refractivity contribution in [1.29, 1.82) is 0 Å². The summed E-state index contributed by atoms with van der Waals surface area (Å²) in [6.45, 7) is 1.13. The summed E-state index contributed by atoms with van der Waals surface area (Å²) < 4.78 is 81.9. The third-order valence-corrected chi connectivity index (χ3v) is 5.59. The van der Waals surface area contributed by atoms with Gasteiger partial charge in [0, 0.05) is 6.26 Å². The van der Waals surface area contributed by atoms with Crippen molar-refractivity contribution in [2.45, 2.75) is 30.8 Å². The van der Waals surface area contributed by atoms with Crippen molar-refractivity contribution in [1.82, 2.24) is 15.0 Å². The molecule has 166 valence electrons. The zero-order chi connectivity index (χ0) is 23.0. The van der Waals surface area contributed by atoms with E-state index in [2.05, 4.69) is 15.0 Å². The number of nitrogens with one attached hydrogen (secondary N) is 1. The van der Waals surface area contributed by atoms with Crippen molar-refractivity contribution in [2.24, 2.45) is 0 Å². The normalized spacial score (nSPS) is 13.4. The van der Waals surface area contributed by atoms with Crippen LogP contribution >= 0.6 is 11.6 Å². The van der Waals surface area contributed by atoms with Crippen LogP contribution in [0.25, 0.3) is 0 Å². The van der Waals surface area contributed by atoms with Crippen LogP contribution in [-0.4, -0.2) is 29.6 Å². The van der Waals surface area contributed by atoms with Gasteiger partial charge in [-0.15, -0.1) is 0 Å². The molecular formula is C19H16ClF4N3O3S. The number of aromatic amines is 1. The Bertz CT molecular complexity index is 1210. The van der Waals surface area contributed by atoms with Crippen LogP contribution in [-0.2, 0) is 27.4 Å². The molecule has 31 heavy (non-hydrogen) atoms. The average Bonchev–Trinajstić information content (AvgIpc) is 3.06. The van der Waals surface area contributed by atoms with Crippen LogP contribution in [0.15, 0.2) is 41.4 Å². The van der Waals surface area contributed by atoms with Gasteiger partial charge in [0.15, 0.2) is 14.9 Å². The molecular weight excluding hydrogens is 462 g/mol. The molecule has 2 aromatic heterocycles. The third kappa shape index (κ3) is 5.41. The lowest BCUT2D eigenvalue weighted by Gasteiger charge is -2.17. The van der Waals surface area contributed by atoms with E-state index in [1.807, 2.05) is 0 Å². The molecule has 0 amide bonds. The summed E-state index contributed by atoms with van der Waals surface area (Å²) in [5, 5.41) is -0.420. The number of sulfone groups is 1. The minimum Gasteiger partial charge on any atom is -0.359 e. The Morgan fingerprint density at radius 3 is 2.48 bits per heavy atom. The molecule has 0 fully saturated rings. The molecule has 3 aromatic rings. The van der Waals surface area contributed by atoms with Gasteiger partial charge in [-0.05, 0) is 36.8 Å². The Hall–Kier alpha value is -2.50. The van der Waals surface area contributed by atoms with Crippen LogP contribution < -0.4 is 0 Å². The topological polar surface area (TPSA) is 84.9 Å². The van der Waals surface area contributed by atoms with Gasteiger partial charge in [-0.1, -0.05) is 23.7 Å². The largest absolute Gasteiger partial charge is 0.433 e. The Balaban J connectivity index is 1.98. The fraction of sp³-hybridized carbons (Fsp3) is 0.263. The fourth-order valence-electron chi connectivity index (χ4n) is 2.85. The Kier molecular flexibility index (Phi) is 6.40. The van der Waals surface area contributed by atoms with Crippen LogP contribution in [0.1, 0.15) is 34.6 Å². The van der Waals surface area contributed by atoms with Crippen molar-refractivity contribution in [3.05, 3.63) is 75.7 Å². The monoisotopic (exact) mass is 477 g/mol. The Morgan fingerprint density at radius 2 is 1.90 bits per heavy atom. The van der Waals surface area contributed by atoms with E-state index < -0.39 is 33.6 Å². The second-order valence-corrected chi connectivity index (χ2v) is 9.04. The van der Waals surface area contributed by atoms with Gasteiger partial charge >= 0.3 is 6.18 Å². The second kappa shape index (κ2) is 8.56. The number of nitrogens with zero attached hydrogens (tertiary/aromatic N) is 2. The van der Waals surface area contributed by atoms with E-state index in [9.17, 15) is 26.0 Å². The number of halogens is 5. The molecule has 0 aliphatic heterocycles. The van der Waals surface area contributed by atoms with E-state index in [4.69, 9.17) is 16.3 Å². The predicted molar refractivity (Wildman–Crippen MR) is 104 cm³/mol. The molecule has 6 nitrogen and oxygen atoms in total. The molecule has 0 unspecified atom stereocenters. The number of imidazole rings is 1. The van der Waals surface area contributed by atoms with Crippen LogP contribution in [0.2, 0.25) is 5.02 Å². The Labute approximate surface area is 180 Å². The highest BCUT2D eigenvalue weighted by molar-refractivity contribution is 7.90. The van der Waals surface area contributed by atoms with Gasteiger partial charge in [0.25, 0.3) is 0 Å².